The average Bonchev–Trinajstić information content (AvgIpc) is 3.49. The van der Waals surface area contributed by atoms with Crippen LogP contribution in [0.25, 0.3) is 0 Å². The molecule has 0 aliphatic carbocycles. The van der Waals surface area contributed by atoms with Crippen molar-refractivity contribution in [2.45, 2.75) is 117 Å². The molecule has 0 saturated carbocycles. The number of para-hydroxylation sites is 1. The summed E-state index contributed by atoms with van der Waals surface area (Å²) in [5, 5.41) is 5.10. The van der Waals surface area contributed by atoms with Gasteiger partial charge in [-0.2, -0.15) is 0 Å². The Morgan fingerprint density at radius 3 is 2.00 bits per heavy atom. The molecule has 1 aliphatic rings. The molecule has 0 aromatic heterocycles. The Morgan fingerprint density at radius 2 is 1.44 bits per heavy atom. The summed E-state index contributed by atoms with van der Waals surface area (Å²) in [5.74, 6) is 1.36. The summed E-state index contributed by atoms with van der Waals surface area (Å²) >= 11 is 1.79. The zero-order valence-corrected chi connectivity index (χ0v) is 28.9. The molecule has 5 nitrogen and oxygen atoms in total. The molecule has 43 heavy (non-hydrogen) atoms. The van der Waals surface area contributed by atoms with Gasteiger partial charge in [0.15, 0.2) is 5.78 Å². The first-order valence-electron chi connectivity index (χ1n) is 16.2. The van der Waals surface area contributed by atoms with E-state index in [0.717, 1.165) is 36.5 Å². The molecule has 3 rings (SSSR count). The quantitative estimate of drug-likeness (QED) is 0.0996. The van der Waals surface area contributed by atoms with E-state index in [4.69, 9.17) is 4.74 Å². The van der Waals surface area contributed by atoms with Gasteiger partial charge in [0.2, 0.25) is 5.91 Å². The van der Waals surface area contributed by atoms with Crippen molar-refractivity contribution in [3.8, 4) is 5.75 Å². The van der Waals surface area contributed by atoms with Gasteiger partial charge in [0, 0.05) is 24.0 Å². The van der Waals surface area contributed by atoms with E-state index in [0.29, 0.717) is 17.9 Å². The van der Waals surface area contributed by atoms with Gasteiger partial charge < -0.3 is 15.0 Å². The first-order valence-corrected chi connectivity index (χ1v) is 17.3. The van der Waals surface area contributed by atoms with Crippen LogP contribution in [0.15, 0.2) is 54.1 Å². The minimum absolute atomic E-state index is 0. The molecule has 0 unspecified atom stereocenters. The van der Waals surface area contributed by atoms with Gasteiger partial charge in [-0.1, -0.05) is 115 Å². The number of halogens is 1. The summed E-state index contributed by atoms with van der Waals surface area (Å²) in [6.45, 7) is 5.24. The highest BCUT2D eigenvalue weighted by Crippen LogP contribution is 2.27. The maximum absolute atomic E-state index is 12.9. The van der Waals surface area contributed by atoms with Crippen LogP contribution in [0.5, 0.6) is 5.75 Å². The Kier molecular flexibility index (Phi) is 19.1. The van der Waals surface area contributed by atoms with E-state index in [1.54, 1.807) is 24.8 Å². The monoisotopic (exact) mass is 672 g/mol. The third-order valence-electron chi connectivity index (χ3n) is 7.80. The number of nitrogens with zero attached hydrogens (tertiary/aromatic N) is 1. The SMILES string of the molecule is Br.CCCCCCCCCCCCCCCCOc1c(CC(=O)Nc2ccc(CN3C=CSC3)cc2)cccc1C(C)=O. The molecule has 0 radical (unpaired) electrons. The average molecular weight is 674 g/mol. The van der Waals surface area contributed by atoms with Crippen LogP contribution in [0.2, 0.25) is 0 Å². The van der Waals surface area contributed by atoms with Gasteiger partial charge in [-0.15, -0.1) is 28.7 Å². The van der Waals surface area contributed by atoms with Crippen LogP contribution >= 0.6 is 28.7 Å². The molecule has 0 atom stereocenters. The van der Waals surface area contributed by atoms with Crippen molar-refractivity contribution in [1.82, 2.24) is 4.90 Å². The molecule has 2 aromatic carbocycles. The number of anilines is 1. The molecular formula is C36H53BrN2O3S. The number of hydrogen-bond acceptors (Lipinski definition) is 5. The maximum atomic E-state index is 12.9. The van der Waals surface area contributed by atoms with Crippen molar-refractivity contribution < 1.29 is 14.3 Å². The molecule has 1 aliphatic heterocycles. The Morgan fingerprint density at radius 1 is 0.837 bits per heavy atom. The van der Waals surface area contributed by atoms with E-state index in [-0.39, 0.29) is 35.1 Å². The summed E-state index contributed by atoms with van der Waals surface area (Å²) in [6, 6.07) is 13.5. The summed E-state index contributed by atoms with van der Waals surface area (Å²) in [5.41, 5.74) is 3.26. The first kappa shape index (κ1) is 36.9. The number of hydrogen-bond donors (Lipinski definition) is 1. The molecule has 7 heteroatoms. The second-order valence-corrected chi connectivity index (χ2v) is 12.4. The molecule has 0 saturated heterocycles. The number of unbranched alkanes of at least 4 members (excludes halogenated alkanes) is 13. The second kappa shape index (κ2) is 22.3. The minimum atomic E-state index is -0.122. The van der Waals surface area contributed by atoms with Gasteiger partial charge in [0.05, 0.1) is 24.5 Å². The van der Waals surface area contributed by atoms with Gasteiger partial charge in [0.25, 0.3) is 0 Å². The smallest absolute Gasteiger partial charge is 0.228 e. The fraction of sp³-hybridized carbons (Fsp3) is 0.556. The fourth-order valence-electron chi connectivity index (χ4n) is 5.36. The van der Waals surface area contributed by atoms with E-state index < -0.39 is 0 Å². The standard InChI is InChI=1S/C36H52N2O3S.BrH/c1-3-4-5-6-7-8-9-10-11-12-13-14-15-16-25-41-36-32(18-17-19-34(36)30(2)39)27-35(40)37-33-22-20-31(21-23-33)28-38-24-26-42-29-38;/h17-24,26H,3-16,25,27-29H2,1-2H3,(H,37,40);1H. The normalized spacial score (nSPS) is 12.3. The Bertz CT molecular complexity index is 1110. The number of carbonyl (C=O) groups excluding carboxylic acids is 2. The number of rotatable bonds is 22. The highest BCUT2D eigenvalue weighted by atomic mass is 79.9. The molecular weight excluding hydrogens is 620 g/mol. The summed E-state index contributed by atoms with van der Waals surface area (Å²) < 4.78 is 6.15. The Balaban J connectivity index is 0.00000645. The topological polar surface area (TPSA) is 58.6 Å². The van der Waals surface area contributed by atoms with Crippen molar-refractivity contribution in [2.24, 2.45) is 0 Å². The van der Waals surface area contributed by atoms with E-state index >= 15 is 0 Å². The minimum Gasteiger partial charge on any atom is -0.493 e. The van der Waals surface area contributed by atoms with Gasteiger partial charge in [0.1, 0.15) is 5.75 Å². The lowest BCUT2D eigenvalue weighted by atomic mass is 10.0. The van der Waals surface area contributed by atoms with E-state index in [1.165, 1.54) is 82.6 Å². The van der Waals surface area contributed by atoms with Crippen LogP contribution < -0.4 is 10.1 Å². The maximum Gasteiger partial charge on any atom is 0.228 e. The Labute approximate surface area is 275 Å². The zero-order valence-electron chi connectivity index (χ0n) is 26.4. The van der Waals surface area contributed by atoms with Crippen LogP contribution in [0.3, 0.4) is 0 Å². The van der Waals surface area contributed by atoms with Crippen LogP contribution in [-0.2, 0) is 17.8 Å². The van der Waals surface area contributed by atoms with Gasteiger partial charge in [-0.25, -0.2) is 0 Å². The van der Waals surface area contributed by atoms with Crippen molar-refractivity contribution in [3.05, 3.63) is 70.8 Å². The fourth-order valence-corrected chi connectivity index (χ4v) is 6.07. The van der Waals surface area contributed by atoms with Gasteiger partial charge >= 0.3 is 0 Å². The lowest BCUT2D eigenvalue weighted by molar-refractivity contribution is -0.115. The molecule has 2 aromatic rings. The van der Waals surface area contributed by atoms with Crippen molar-refractivity contribution in [1.29, 1.82) is 0 Å². The van der Waals surface area contributed by atoms with Crippen molar-refractivity contribution in [3.63, 3.8) is 0 Å². The molecule has 0 spiro atoms. The summed E-state index contributed by atoms with van der Waals surface area (Å²) in [7, 11) is 0. The van der Waals surface area contributed by atoms with Crippen LogP contribution in [0.4, 0.5) is 5.69 Å². The predicted molar refractivity (Wildman–Crippen MR) is 188 cm³/mol. The van der Waals surface area contributed by atoms with Crippen molar-refractivity contribution in [2.75, 3.05) is 17.8 Å². The molecule has 238 valence electrons. The predicted octanol–water partition coefficient (Wildman–Crippen LogP) is 10.5. The number of nitrogens with one attached hydrogen (secondary N) is 1. The lowest BCUT2D eigenvalue weighted by Crippen LogP contribution is -2.16. The van der Waals surface area contributed by atoms with Gasteiger partial charge in [-0.05, 0) is 42.5 Å². The third kappa shape index (κ3) is 14.9. The number of benzene rings is 2. The largest absolute Gasteiger partial charge is 0.493 e. The van der Waals surface area contributed by atoms with E-state index in [1.807, 2.05) is 36.4 Å². The number of thioether (sulfide) groups is 1. The molecule has 1 heterocycles. The number of ketones is 1. The van der Waals surface area contributed by atoms with Crippen LogP contribution in [-0.4, -0.2) is 29.1 Å². The summed E-state index contributed by atoms with van der Waals surface area (Å²) in [6.07, 6.45) is 20.6. The second-order valence-electron chi connectivity index (χ2n) is 11.5. The van der Waals surface area contributed by atoms with E-state index in [2.05, 4.69) is 28.7 Å². The number of carbonyl (C=O) groups is 2. The van der Waals surface area contributed by atoms with E-state index in [9.17, 15) is 9.59 Å². The molecule has 0 bridgehead atoms. The number of Topliss-reactive ketones (excluding diaryl/α,β-unsaturated/α-hetero) is 1. The zero-order chi connectivity index (χ0) is 29.8. The molecule has 1 N–H and O–H groups in total. The molecule has 1 amide bonds. The van der Waals surface area contributed by atoms with Crippen LogP contribution in [0, 0.1) is 0 Å². The highest BCUT2D eigenvalue weighted by Gasteiger charge is 2.16. The highest BCUT2D eigenvalue weighted by molar-refractivity contribution is 8.93. The first-order chi connectivity index (χ1) is 20.6. The van der Waals surface area contributed by atoms with Gasteiger partial charge in [-0.3, -0.25) is 9.59 Å². The molecule has 0 fully saturated rings. The van der Waals surface area contributed by atoms with Crippen LogP contribution in [0.1, 0.15) is 125 Å². The van der Waals surface area contributed by atoms with Crippen molar-refractivity contribution >= 4 is 46.1 Å². The summed E-state index contributed by atoms with van der Waals surface area (Å²) in [4.78, 5) is 27.5. The number of ether oxygens (including phenoxy) is 1. The third-order valence-corrected chi connectivity index (χ3v) is 8.60. The Hall–Kier alpha value is -2.25. The number of amides is 1. The lowest BCUT2D eigenvalue weighted by Gasteiger charge is -2.16.